The molecule has 0 saturated carbocycles. The van der Waals surface area contributed by atoms with Crippen molar-refractivity contribution < 1.29 is 23.8 Å². The fourth-order valence-corrected chi connectivity index (χ4v) is 2.95. The summed E-state index contributed by atoms with van der Waals surface area (Å²) < 4.78 is 18.6. The second-order valence-electron chi connectivity index (χ2n) is 7.05. The molecular formula is C27H38ClFN4O4. The summed E-state index contributed by atoms with van der Waals surface area (Å²) in [5.74, 6) is -0.901. The number of carbonyl (C=O) groups excluding carboxylic acids is 2. The van der Waals surface area contributed by atoms with E-state index in [2.05, 4.69) is 33.5 Å². The molecule has 0 unspecified atom stereocenters. The summed E-state index contributed by atoms with van der Waals surface area (Å²) in [5, 5.41) is 13.1. The molecule has 0 aliphatic carbocycles. The van der Waals surface area contributed by atoms with Crippen LogP contribution in [0.4, 0.5) is 10.2 Å². The number of rotatable bonds is 6. The Morgan fingerprint density at radius 1 is 1.27 bits per heavy atom. The molecule has 1 aromatic heterocycles. The van der Waals surface area contributed by atoms with Crippen molar-refractivity contribution in [2.75, 3.05) is 46.7 Å². The van der Waals surface area contributed by atoms with Crippen molar-refractivity contribution in [3.05, 3.63) is 83.8 Å². The van der Waals surface area contributed by atoms with Crippen LogP contribution in [0.3, 0.4) is 0 Å². The molecule has 10 heteroatoms. The minimum absolute atomic E-state index is 0.0701. The summed E-state index contributed by atoms with van der Waals surface area (Å²) in [6.45, 7) is 11.8. The van der Waals surface area contributed by atoms with E-state index < -0.39 is 11.7 Å². The molecule has 0 spiro atoms. The van der Waals surface area contributed by atoms with Crippen molar-refractivity contribution in [3.63, 3.8) is 0 Å². The van der Waals surface area contributed by atoms with Gasteiger partial charge in [0.05, 0.1) is 5.56 Å². The van der Waals surface area contributed by atoms with E-state index in [0.717, 1.165) is 7.11 Å². The minimum Gasteiger partial charge on any atom is -0.400 e. The van der Waals surface area contributed by atoms with Crippen molar-refractivity contribution in [2.45, 2.75) is 12.8 Å². The number of anilines is 1. The number of benzene rings is 1. The number of nitrogens with two attached hydrogens (primary N) is 1. The molecule has 1 fully saturated rings. The van der Waals surface area contributed by atoms with E-state index >= 15 is 0 Å². The van der Waals surface area contributed by atoms with Crippen LogP contribution in [0.1, 0.15) is 23.2 Å². The second-order valence-corrected chi connectivity index (χ2v) is 7.53. The van der Waals surface area contributed by atoms with E-state index in [-0.39, 0.29) is 12.1 Å². The number of nitrogen functional groups attached to an aromatic ring is 1. The number of hydrogen-bond donors (Lipinski definition) is 4. The van der Waals surface area contributed by atoms with Gasteiger partial charge in [0.25, 0.3) is 5.91 Å². The quantitative estimate of drug-likeness (QED) is 0.409. The van der Waals surface area contributed by atoms with Gasteiger partial charge in [-0.2, -0.15) is 0 Å². The summed E-state index contributed by atoms with van der Waals surface area (Å²) in [5.41, 5.74) is 7.53. The van der Waals surface area contributed by atoms with Gasteiger partial charge in [0.2, 0.25) is 0 Å². The van der Waals surface area contributed by atoms with Gasteiger partial charge in [-0.1, -0.05) is 36.9 Å². The van der Waals surface area contributed by atoms with Crippen LogP contribution in [0.5, 0.6) is 0 Å². The van der Waals surface area contributed by atoms with Gasteiger partial charge in [0, 0.05) is 44.7 Å². The van der Waals surface area contributed by atoms with Crippen molar-refractivity contribution in [3.8, 4) is 11.1 Å². The van der Waals surface area contributed by atoms with Crippen LogP contribution >= 0.6 is 11.6 Å². The highest BCUT2D eigenvalue weighted by Gasteiger charge is 2.14. The highest BCUT2D eigenvalue weighted by molar-refractivity contribution is 6.30. The topological polar surface area (TPSA) is 127 Å². The van der Waals surface area contributed by atoms with Gasteiger partial charge in [-0.15, -0.1) is 0 Å². The Morgan fingerprint density at radius 3 is 2.30 bits per heavy atom. The number of methoxy groups -OCH3 is 1. The predicted octanol–water partition coefficient (Wildman–Crippen LogP) is 4.12. The zero-order chi connectivity index (χ0) is 28.6. The maximum absolute atomic E-state index is 14.3. The molecular weight excluding hydrogens is 499 g/mol. The number of aromatic nitrogens is 1. The van der Waals surface area contributed by atoms with Crippen LogP contribution in [0.25, 0.3) is 11.1 Å². The maximum Gasteiger partial charge on any atom is 0.254 e. The van der Waals surface area contributed by atoms with Gasteiger partial charge < -0.3 is 31.0 Å². The highest BCUT2D eigenvalue weighted by Crippen LogP contribution is 2.25. The minimum atomic E-state index is -0.649. The van der Waals surface area contributed by atoms with Gasteiger partial charge in [-0.3, -0.25) is 4.79 Å². The van der Waals surface area contributed by atoms with Crippen molar-refractivity contribution in [1.29, 1.82) is 0 Å². The number of pyridine rings is 1. The first-order valence-corrected chi connectivity index (χ1v) is 11.5. The Balaban J connectivity index is 0. The molecule has 0 bridgehead atoms. The van der Waals surface area contributed by atoms with Crippen LogP contribution in [0.2, 0.25) is 0 Å². The Kier molecular flexibility index (Phi) is 22.3. The maximum atomic E-state index is 14.3. The van der Waals surface area contributed by atoms with Crippen LogP contribution in [0, 0.1) is 5.82 Å². The molecule has 2 aromatic rings. The first-order valence-electron chi connectivity index (χ1n) is 11.1. The summed E-state index contributed by atoms with van der Waals surface area (Å²) in [6.07, 6.45) is 7.44. The molecule has 2 heterocycles. The molecule has 5 N–H and O–H groups in total. The third kappa shape index (κ3) is 15.4. The molecule has 204 valence electrons. The van der Waals surface area contributed by atoms with E-state index in [9.17, 15) is 9.18 Å². The third-order valence-electron chi connectivity index (χ3n) is 4.38. The number of carbonyl (C=O) groups is 2. The van der Waals surface area contributed by atoms with Crippen LogP contribution in [0.15, 0.2) is 72.4 Å². The van der Waals surface area contributed by atoms with Crippen molar-refractivity contribution >= 4 is 30.1 Å². The van der Waals surface area contributed by atoms with Crippen LogP contribution in [-0.4, -0.2) is 63.8 Å². The van der Waals surface area contributed by atoms with E-state index in [4.69, 9.17) is 27.2 Å². The molecule has 1 aliphatic rings. The summed E-state index contributed by atoms with van der Waals surface area (Å²) in [7, 11) is 4.25. The molecule has 0 atom stereocenters. The third-order valence-corrected chi connectivity index (χ3v) is 4.49. The molecule has 8 nitrogen and oxygen atoms in total. The van der Waals surface area contributed by atoms with Gasteiger partial charge in [0.1, 0.15) is 18.4 Å². The number of ether oxygens (including phenoxy) is 1. The normalized spacial score (nSPS) is 11.5. The number of aliphatic hydroxyl groups is 1. The number of halogens is 2. The second kappa shape index (κ2) is 23.1. The molecule has 37 heavy (non-hydrogen) atoms. The number of nitrogens with zero attached hydrogens (tertiary/aromatic N) is 1. The van der Waals surface area contributed by atoms with Crippen molar-refractivity contribution in [2.24, 2.45) is 0 Å². The lowest BCUT2D eigenvalue weighted by Gasteiger charge is -2.09. The number of nitrogens with one attached hydrogen (secondary N) is 2. The summed E-state index contributed by atoms with van der Waals surface area (Å²) in [6, 6.07) is 7.72. The van der Waals surface area contributed by atoms with Crippen LogP contribution in [-0.2, 0) is 9.53 Å². The first kappa shape index (κ1) is 35.8. The lowest BCUT2D eigenvalue weighted by atomic mass is 10.0. The standard InChI is InChI=1S/C19H17ClFN3O.C4H9N.C2H6O.CH4O.CH2O/c1-3-13(9-12(2)20)11-24-19(25)16-7-6-14(10-17(16)21)15-5-4-8-23-18(15)22;1-2-4-5-3-1;1-3-2;2*1-2/h3-10H,1-2,11H2,(H2,22,23)(H,24,25);5H,1-4H2;1-2H3;2H,1H3;1H2/b13-9+;;;;. The van der Waals surface area contributed by atoms with Gasteiger partial charge in [0.15, 0.2) is 0 Å². The fraction of sp³-hybridized carbons (Fsp3) is 0.296. The predicted molar refractivity (Wildman–Crippen MR) is 150 cm³/mol. The number of aliphatic hydroxyl groups excluding tert-OH is 1. The number of allylic oxidation sites excluding steroid dienone is 2. The first-order chi connectivity index (χ1) is 17.8. The van der Waals surface area contributed by atoms with Gasteiger partial charge >= 0.3 is 0 Å². The van der Waals surface area contributed by atoms with Gasteiger partial charge in [-0.05, 0) is 67.4 Å². The van der Waals surface area contributed by atoms with Gasteiger partial charge in [-0.25, -0.2) is 9.37 Å². The lowest BCUT2D eigenvalue weighted by molar-refractivity contribution is -0.0980. The summed E-state index contributed by atoms with van der Waals surface area (Å²) in [4.78, 5) is 24.1. The monoisotopic (exact) mass is 536 g/mol. The average molecular weight is 537 g/mol. The van der Waals surface area contributed by atoms with Crippen LogP contribution < -0.4 is 16.4 Å². The fourth-order valence-electron chi connectivity index (χ4n) is 2.81. The average Bonchev–Trinajstić information content (AvgIpc) is 3.50. The lowest BCUT2D eigenvalue weighted by Crippen LogP contribution is -2.26. The molecule has 1 aliphatic heterocycles. The Morgan fingerprint density at radius 2 is 1.86 bits per heavy atom. The molecule has 1 amide bonds. The SMILES string of the molecule is C1CCNC1.C=C/C(=C\C(=C)Cl)CNC(=O)c1ccc(-c2cccnc2N)cc1F.C=O.CO.COC. The Bertz CT molecular complexity index is 975. The smallest absolute Gasteiger partial charge is 0.254 e. The zero-order valence-corrected chi connectivity index (χ0v) is 22.5. The van der Waals surface area contributed by atoms with Crippen molar-refractivity contribution in [1.82, 2.24) is 15.6 Å². The highest BCUT2D eigenvalue weighted by atomic mass is 35.5. The van der Waals surface area contributed by atoms with E-state index in [1.165, 1.54) is 38.1 Å². The Hall–Kier alpha value is -3.37. The molecule has 1 saturated heterocycles. The number of amides is 1. The van der Waals surface area contributed by atoms with E-state index in [1.807, 2.05) is 6.79 Å². The largest absolute Gasteiger partial charge is 0.400 e. The Labute approximate surface area is 224 Å². The molecule has 3 rings (SSSR count). The van der Waals surface area contributed by atoms with E-state index in [1.54, 1.807) is 50.8 Å². The van der Waals surface area contributed by atoms with E-state index in [0.29, 0.717) is 27.6 Å². The number of hydrogen-bond acceptors (Lipinski definition) is 7. The molecule has 0 radical (unpaired) electrons. The molecule has 1 aromatic carbocycles. The summed E-state index contributed by atoms with van der Waals surface area (Å²) >= 11 is 5.69. The zero-order valence-electron chi connectivity index (χ0n) is 21.7.